The molecular weight excluding hydrogens is 300 g/mol. The molecule has 0 saturated carbocycles. The SMILES string of the molecule is CC(C)C(O)C(C)(C)CNC(=O)c1ncoc1-c1cccs1. The summed E-state index contributed by atoms with van der Waals surface area (Å²) in [6.45, 7) is 8.14. The lowest BCUT2D eigenvalue weighted by atomic mass is 9.80. The van der Waals surface area contributed by atoms with Gasteiger partial charge in [0.2, 0.25) is 0 Å². The van der Waals surface area contributed by atoms with Crippen molar-refractivity contribution < 1.29 is 14.3 Å². The number of amides is 1. The van der Waals surface area contributed by atoms with Crippen LogP contribution in [0.3, 0.4) is 0 Å². The van der Waals surface area contributed by atoms with Crippen LogP contribution in [0.25, 0.3) is 10.6 Å². The number of thiophene rings is 1. The summed E-state index contributed by atoms with van der Waals surface area (Å²) in [5.41, 5.74) is -0.145. The first-order valence-electron chi connectivity index (χ1n) is 7.26. The number of aromatic nitrogens is 1. The quantitative estimate of drug-likeness (QED) is 0.856. The Balaban J connectivity index is 2.07. The zero-order chi connectivity index (χ0) is 16.3. The second kappa shape index (κ2) is 6.62. The Morgan fingerprint density at radius 2 is 2.23 bits per heavy atom. The molecule has 5 nitrogen and oxygen atoms in total. The van der Waals surface area contributed by atoms with E-state index < -0.39 is 11.5 Å². The van der Waals surface area contributed by atoms with Crippen molar-refractivity contribution in [3.8, 4) is 10.6 Å². The number of carbonyl (C=O) groups excluding carboxylic acids is 1. The zero-order valence-electron chi connectivity index (χ0n) is 13.3. The lowest BCUT2D eigenvalue weighted by Crippen LogP contribution is -2.43. The summed E-state index contributed by atoms with van der Waals surface area (Å²) in [4.78, 5) is 17.2. The second-order valence-corrected chi connectivity index (χ2v) is 7.32. The number of nitrogens with one attached hydrogen (secondary N) is 1. The molecule has 0 radical (unpaired) electrons. The van der Waals surface area contributed by atoms with Crippen molar-refractivity contribution in [2.75, 3.05) is 6.54 Å². The third-order valence-corrected chi connectivity index (χ3v) is 4.53. The van der Waals surface area contributed by atoms with E-state index in [1.165, 1.54) is 17.7 Å². The zero-order valence-corrected chi connectivity index (χ0v) is 14.1. The van der Waals surface area contributed by atoms with E-state index in [0.717, 1.165) is 4.88 Å². The molecule has 0 aliphatic carbocycles. The van der Waals surface area contributed by atoms with Gasteiger partial charge in [0.15, 0.2) is 17.8 Å². The van der Waals surface area contributed by atoms with Crippen molar-refractivity contribution in [3.63, 3.8) is 0 Å². The van der Waals surface area contributed by atoms with Gasteiger partial charge in [-0.15, -0.1) is 11.3 Å². The molecule has 0 spiro atoms. The van der Waals surface area contributed by atoms with Crippen LogP contribution in [0.1, 0.15) is 38.2 Å². The first kappa shape index (κ1) is 16.7. The Labute approximate surface area is 134 Å². The third kappa shape index (κ3) is 3.56. The van der Waals surface area contributed by atoms with Gasteiger partial charge in [-0.25, -0.2) is 4.98 Å². The Hall–Kier alpha value is -1.66. The molecule has 120 valence electrons. The molecule has 0 fully saturated rings. The Kier molecular flexibility index (Phi) is 5.03. The van der Waals surface area contributed by atoms with Crippen LogP contribution in [0.15, 0.2) is 28.3 Å². The van der Waals surface area contributed by atoms with Crippen LogP contribution in [0.4, 0.5) is 0 Å². The van der Waals surface area contributed by atoms with E-state index in [4.69, 9.17) is 4.42 Å². The molecule has 1 amide bonds. The monoisotopic (exact) mass is 322 g/mol. The van der Waals surface area contributed by atoms with Gasteiger partial charge in [-0.2, -0.15) is 0 Å². The van der Waals surface area contributed by atoms with Crippen molar-refractivity contribution in [1.82, 2.24) is 10.3 Å². The fourth-order valence-corrected chi connectivity index (χ4v) is 3.10. The molecule has 2 rings (SSSR count). The first-order valence-corrected chi connectivity index (χ1v) is 8.14. The van der Waals surface area contributed by atoms with E-state index in [1.54, 1.807) is 0 Å². The largest absolute Gasteiger partial charge is 0.442 e. The van der Waals surface area contributed by atoms with E-state index in [2.05, 4.69) is 10.3 Å². The molecule has 0 aliphatic rings. The number of carbonyl (C=O) groups is 1. The van der Waals surface area contributed by atoms with Gasteiger partial charge in [-0.1, -0.05) is 33.8 Å². The maximum atomic E-state index is 12.4. The van der Waals surface area contributed by atoms with Crippen molar-refractivity contribution in [2.24, 2.45) is 11.3 Å². The number of aliphatic hydroxyl groups excluding tert-OH is 1. The van der Waals surface area contributed by atoms with E-state index in [1.807, 2.05) is 45.2 Å². The number of oxazole rings is 1. The van der Waals surface area contributed by atoms with Crippen LogP contribution in [0.2, 0.25) is 0 Å². The molecule has 2 heterocycles. The van der Waals surface area contributed by atoms with Crippen molar-refractivity contribution in [1.29, 1.82) is 0 Å². The van der Waals surface area contributed by atoms with Crippen molar-refractivity contribution in [3.05, 3.63) is 29.6 Å². The minimum Gasteiger partial charge on any atom is -0.442 e. The number of hydrogen-bond donors (Lipinski definition) is 2. The smallest absolute Gasteiger partial charge is 0.273 e. The summed E-state index contributed by atoms with van der Waals surface area (Å²) in [5.74, 6) is 0.316. The molecule has 1 unspecified atom stereocenters. The molecule has 1 atom stereocenters. The van der Waals surface area contributed by atoms with E-state index in [-0.39, 0.29) is 17.5 Å². The predicted molar refractivity (Wildman–Crippen MR) is 86.8 cm³/mol. The van der Waals surface area contributed by atoms with Crippen LogP contribution in [0, 0.1) is 11.3 Å². The van der Waals surface area contributed by atoms with Crippen LogP contribution in [-0.4, -0.2) is 28.6 Å². The molecule has 0 bridgehead atoms. The summed E-state index contributed by atoms with van der Waals surface area (Å²) in [6.07, 6.45) is 0.778. The second-order valence-electron chi connectivity index (χ2n) is 6.37. The van der Waals surface area contributed by atoms with Gasteiger partial charge in [0.05, 0.1) is 11.0 Å². The normalized spacial score (nSPS) is 13.4. The van der Waals surface area contributed by atoms with E-state index in [9.17, 15) is 9.90 Å². The van der Waals surface area contributed by atoms with E-state index >= 15 is 0 Å². The Morgan fingerprint density at radius 1 is 1.50 bits per heavy atom. The van der Waals surface area contributed by atoms with Crippen LogP contribution in [-0.2, 0) is 0 Å². The highest BCUT2D eigenvalue weighted by molar-refractivity contribution is 7.13. The third-order valence-electron chi connectivity index (χ3n) is 3.66. The summed E-state index contributed by atoms with van der Waals surface area (Å²) in [5, 5.41) is 15.0. The Bertz CT molecular complexity index is 617. The summed E-state index contributed by atoms with van der Waals surface area (Å²) < 4.78 is 5.34. The molecule has 0 aromatic carbocycles. The molecule has 2 aromatic rings. The van der Waals surface area contributed by atoms with Crippen molar-refractivity contribution in [2.45, 2.75) is 33.8 Å². The number of nitrogens with zero attached hydrogens (tertiary/aromatic N) is 1. The highest BCUT2D eigenvalue weighted by Crippen LogP contribution is 2.28. The molecule has 0 aliphatic heterocycles. The first-order chi connectivity index (χ1) is 10.3. The molecule has 2 N–H and O–H groups in total. The van der Waals surface area contributed by atoms with Crippen LogP contribution >= 0.6 is 11.3 Å². The predicted octanol–water partition coefficient (Wildman–Crippen LogP) is 3.18. The number of rotatable bonds is 6. The standard InChI is InChI=1S/C16H22N2O3S/c1-10(2)14(19)16(3,4)8-17-15(20)12-13(21-9-18-12)11-6-5-7-22-11/h5-7,9-10,14,19H,8H2,1-4H3,(H,17,20). The summed E-state index contributed by atoms with van der Waals surface area (Å²) in [7, 11) is 0. The van der Waals surface area contributed by atoms with Gasteiger partial charge < -0.3 is 14.8 Å². The number of hydrogen-bond acceptors (Lipinski definition) is 5. The number of aliphatic hydroxyl groups is 1. The minimum atomic E-state index is -0.498. The fourth-order valence-electron chi connectivity index (χ4n) is 2.39. The lowest BCUT2D eigenvalue weighted by Gasteiger charge is -2.33. The fraction of sp³-hybridized carbons (Fsp3) is 0.500. The molecular formula is C16H22N2O3S. The van der Waals surface area contributed by atoms with Gasteiger partial charge in [0.1, 0.15) is 0 Å². The average molecular weight is 322 g/mol. The van der Waals surface area contributed by atoms with Gasteiger partial charge in [0, 0.05) is 12.0 Å². The Morgan fingerprint density at radius 3 is 2.82 bits per heavy atom. The van der Waals surface area contributed by atoms with Gasteiger partial charge in [-0.05, 0) is 17.4 Å². The lowest BCUT2D eigenvalue weighted by molar-refractivity contribution is 0.0138. The van der Waals surface area contributed by atoms with Gasteiger partial charge >= 0.3 is 0 Å². The topological polar surface area (TPSA) is 75.4 Å². The minimum absolute atomic E-state index is 0.126. The average Bonchev–Trinajstić information content (AvgIpc) is 3.13. The molecule has 0 saturated heterocycles. The van der Waals surface area contributed by atoms with Crippen LogP contribution in [0.5, 0.6) is 0 Å². The summed E-state index contributed by atoms with van der Waals surface area (Å²) >= 11 is 1.49. The molecule has 22 heavy (non-hydrogen) atoms. The molecule has 2 aromatic heterocycles. The maximum Gasteiger partial charge on any atom is 0.273 e. The highest BCUT2D eigenvalue weighted by atomic mass is 32.1. The van der Waals surface area contributed by atoms with Gasteiger partial charge in [0.25, 0.3) is 5.91 Å². The van der Waals surface area contributed by atoms with Crippen LogP contribution < -0.4 is 5.32 Å². The summed E-state index contributed by atoms with van der Waals surface area (Å²) in [6, 6.07) is 3.78. The molecule has 6 heteroatoms. The van der Waals surface area contributed by atoms with Crippen molar-refractivity contribution >= 4 is 17.2 Å². The maximum absolute atomic E-state index is 12.4. The highest BCUT2D eigenvalue weighted by Gasteiger charge is 2.31. The van der Waals surface area contributed by atoms with E-state index in [0.29, 0.717) is 12.3 Å². The van der Waals surface area contributed by atoms with Gasteiger partial charge in [-0.3, -0.25) is 4.79 Å².